The van der Waals surface area contributed by atoms with E-state index in [0.29, 0.717) is 6.54 Å². The van der Waals surface area contributed by atoms with Crippen LogP contribution in [0.1, 0.15) is 12.0 Å². The van der Waals surface area contributed by atoms with Crippen LogP contribution in [0, 0.1) is 5.82 Å². The van der Waals surface area contributed by atoms with Crippen molar-refractivity contribution < 1.29 is 14.0 Å². The van der Waals surface area contributed by atoms with Gasteiger partial charge >= 0.3 is 0 Å². The van der Waals surface area contributed by atoms with Crippen molar-refractivity contribution in [1.82, 2.24) is 4.90 Å². The second-order valence-corrected chi connectivity index (χ2v) is 6.92. The van der Waals surface area contributed by atoms with Crippen LogP contribution in [-0.4, -0.2) is 29.0 Å². The molecule has 0 saturated heterocycles. The normalized spacial score (nSPS) is 16.2. The molecule has 0 radical (unpaired) electrons. The smallest absolute Gasteiger partial charge is 0.238 e. The lowest BCUT2D eigenvalue weighted by molar-refractivity contribution is -0.131. The number of fused-ring (bicyclic) bond motifs is 1. The first-order valence-electron chi connectivity index (χ1n) is 7.58. The summed E-state index contributed by atoms with van der Waals surface area (Å²) in [5, 5.41) is 2.38. The van der Waals surface area contributed by atoms with E-state index in [9.17, 15) is 14.0 Å². The summed E-state index contributed by atoms with van der Waals surface area (Å²) < 4.78 is 13.2. The van der Waals surface area contributed by atoms with E-state index < -0.39 is 5.25 Å². The van der Waals surface area contributed by atoms with Gasteiger partial charge in [0.15, 0.2) is 0 Å². The molecule has 4 nitrogen and oxygen atoms in total. The first kappa shape index (κ1) is 16.5. The van der Waals surface area contributed by atoms with Crippen molar-refractivity contribution >= 4 is 29.3 Å². The number of amides is 2. The lowest BCUT2D eigenvalue weighted by Crippen LogP contribution is -2.35. The Bertz CT molecular complexity index is 781. The zero-order valence-corrected chi connectivity index (χ0v) is 14.0. The molecule has 0 bridgehead atoms. The van der Waals surface area contributed by atoms with Gasteiger partial charge in [-0.05, 0) is 29.8 Å². The lowest BCUT2D eigenvalue weighted by Gasteiger charge is -2.25. The number of para-hydroxylation sites is 1. The molecule has 0 aliphatic carbocycles. The van der Waals surface area contributed by atoms with E-state index in [4.69, 9.17) is 0 Å². The monoisotopic (exact) mass is 344 g/mol. The molecule has 1 unspecified atom stereocenters. The fourth-order valence-corrected chi connectivity index (χ4v) is 3.64. The average molecular weight is 344 g/mol. The highest BCUT2D eigenvalue weighted by Gasteiger charge is 2.29. The predicted molar refractivity (Wildman–Crippen MR) is 92.2 cm³/mol. The number of nitrogens with one attached hydrogen (secondary N) is 1. The molecular formula is C18H17FN2O2S. The molecule has 1 N–H and O–H groups in total. The van der Waals surface area contributed by atoms with E-state index in [0.717, 1.165) is 16.1 Å². The number of carbonyl (C=O) groups is 2. The zero-order chi connectivity index (χ0) is 17.1. The van der Waals surface area contributed by atoms with E-state index in [1.165, 1.54) is 28.8 Å². The minimum atomic E-state index is -0.456. The molecule has 0 fully saturated rings. The van der Waals surface area contributed by atoms with Crippen molar-refractivity contribution in [3.8, 4) is 0 Å². The number of thioether (sulfide) groups is 1. The number of hydrogen-bond donors (Lipinski definition) is 1. The number of nitrogens with zero attached hydrogens (tertiary/aromatic N) is 1. The molecule has 24 heavy (non-hydrogen) atoms. The number of anilines is 1. The number of benzene rings is 2. The maximum Gasteiger partial charge on any atom is 0.238 e. The minimum Gasteiger partial charge on any atom is -0.341 e. The molecule has 0 spiro atoms. The van der Waals surface area contributed by atoms with Crippen LogP contribution in [0.25, 0.3) is 0 Å². The van der Waals surface area contributed by atoms with Crippen molar-refractivity contribution in [3.63, 3.8) is 0 Å². The van der Waals surface area contributed by atoms with Crippen LogP contribution in [0.2, 0.25) is 0 Å². The highest BCUT2D eigenvalue weighted by atomic mass is 32.2. The van der Waals surface area contributed by atoms with Gasteiger partial charge in [-0.2, -0.15) is 0 Å². The van der Waals surface area contributed by atoms with Crippen molar-refractivity contribution in [2.75, 3.05) is 12.4 Å². The summed E-state index contributed by atoms with van der Waals surface area (Å²) in [6.45, 7) is 0.312. The summed E-state index contributed by atoms with van der Waals surface area (Å²) in [5.74, 6) is -0.635. The van der Waals surface area contributed by atoms with Crippen LogP contribution in [0.4, 0.5) is 10.1 Å². The number of hydrogen-bond acceptors (Lipinski definition) is 3. The summed E-state index contributed by atoms with van der Waals surface area (Å²) in [6, 6.07) is 13.7. The van der Waals surface area contributed by atoms with E-state index in [2.05, 4.69) is 5.32 Å². The van der Waals surface area contributed by atoms with Crippen molar-refractivity contribution in [2.24, 2.45) is 0 Å². The van der Waals surface area contributed by atoms with Crippen LogP contribution < -0.4 is 5.32 Å². The van der Waals surface area contributed by atoms with E-state index in [-0.39, 0.29) is 24.1 Å². The SMILES string of the molecule is CN(Cc1cccc(F)c1)C(=O)CC1Sc2ccccc2NC1=O. The molecule has 0 aromatic heterocycles. The Morgan fingerprint density at radius 2 is 2.04 bits per heavy atom. The Hall–Kier alpha value is -2.34. The molecule has 1 heterocycles. The summed E-state index contributed by atoms with van der Waals surface area (Å²) in [7, 11) is 1.66. The zero-order valence-electron chi connectivity index (χ0n) is 13.2. The lowest BCUT2D eigenvalue weighted by atomic mass is 10.2. The van der Waals surface area contributed by atoms with Gasteiger partial charge in [0, 0.05) is 24.9 Å². The molecule has 2 aromatic rings. The fraction of sp³-hybridized carbons (Fsp3) is 0.222. The fourth-order valence-electron chi connectivity index (χ4n) is 2.54. The number of halogens is 1. The van der Waals surface area contributed by atoms with Gasteiger partial charge in [0.2, 0.25) is 11.8 Å². The second-order valence-electron chi connectivity index (χ2n) is 5.68. The van der Waals surface area contributed by atoms with Gasteiger partial charge in [-0.3, -0.25) is 9.59 Å². The van der Waals surface area contributed by atoms with E-state index in [1.54, 1.807) is 19.2 Å². The third-order valence-corrected chi connectivity index (χ3v) is 5.08. The molecule has 0 saturated carbocycles. The molecule has 1 atom stereocenters. The van der Waals surface area contributed by atoms with Gasteiger partial charge in [-0.15, -0.1) is 11.8 Å². The Labute approximate surface area is 144 Å². The summed E-state index contributed by atoms with van der Waals surface area (Å²) in [5.41, 5.74) is 1.50. The average Bonchev–Trinajstić information content (AvgIpc) is 2.55. The number of carbonyl (C=O) groups excluding carboxylic acids is 2. The number of rotatable bonds is 4. The summed E-state index contributed by atoms with van der Waals surface area (Å²) >= 11 is 1.40. The van der Waals surface area contributed by atoms with Gasteiger partial charge in [0.1, 0.15) is 5.82 Å². The molecule has 124 valence electrons. The maximum absolute atomic E-state index is 13.2. The first-order chi connectivity index (χ1) is 11.5. The third kappa shape index (κ3) is 3.76. The predicted octanol–water partition coefficient (Wildman–Crippen LogP) is 3.29. The molecule has 6 heteroatoms. The Morgan fingerprint density at radius 1 is 1.25 bits per heavy atom. The van der Waals surface area contributed by atoms with Crippen LogP contribution in [0.5, 0.6) is 0 Å². The molecular weight excluding hydrogens is 327 g/mol. The van der Waals surface area contributed by atoms with Crippen LogP contribution in [-0.2, 0) is 16.1 Å². The highest BCUT2D eigenvalue weighted by molar-refractivity contribution is 8.01. The van der Waals surface area contributed by atoms with Gasteiger partial charge in [-0.1, -0.05) is 24.3 Å². The van der Waals surface area contributed by atoms with Crippen LogP contribution >= 0.6 is 11.8 Å². The molecule has 3 rings (SSSR count). The Morgan fingerprint density at radius 3 is 2.83 bits per heavy atom. The van der Waals surface area contributed by atoms with Gasteiger partial charge in [-0.25, -0.2) is 4.39 Å². The first-order valence-corrected chi connectivity index (χ1v) is 8.46. The second kappa shape index (κ2) is 7.05. The maximum atomic E-state index is 13.2. The topological polar surface area (TPSA) is 49.4 Å². The van der Waals surface area contributed by atoms with Gasteiger partial charge in [0.25, 0.3) is 0 Å². The molecule has 1 aliphatic heterocycles. The standard InChI is InChI=1S/C18H17FN2O2S/c1-21(11-12-5-4-6-13(19)9-12)17(22)10-16-18(23)20-14-7-2-3-8-15(14)24-16/h2-9,16H,10-11H2,1H3,(H,20,23). The minimum absolute atomic E-state index is 0.108. The van der Waals surface area contributed by atoms with Gasteiger partial charge < -0.3 is 10.2 Å². The van der Waals surface area contributed by atoms with Crippen molar-refractivity contribution in [3.05, 3.63) is 59.9 Å². The molecule has 1 aliphatic rings. The van der Waals surface area contributed by atoms with E-state index >= 15 is 0 Å². The molecule has 2 aromatic carbocycles. The van der Waals surface area contributed by atoms with Crippen LogP contribution in [0.15, 0.2) is 53.4 Å². The van der Waals surface area contributed by atoms with Gasteiger partial charge in [0.05, 0.1) is 10.9 Å². The highest BCUT2D eigenvalue weighted by Crippen LogP contribution is 2.36. The molecule has 2 amide bonds. The van der Waals surface area contributed by atoms with Crippen LogP contribution in [0.3, 0.4) is 0 Å². The van der Waals surface area contributed by atoms with E-state index in [1.807, 2.05) is 24.3 Å². The summed E-state index contributed by atoms with van der Waals surface area (Å²) in [6.07, 6.45) is 0.108. The van der Waals surface area contributed by atoms with Crippen molar-refractivity contribution in [2.45, 2.75) is 23.1 Å². The Kier molecular flexibility index (Phi) is 4.85. The third-order valence-electron chi connectivity index (χ3n) is 3.80. The largest absolute Gasteiger partial charge is 0.341 e. The van der Waals surface area contributed by atoms with Crippen molar-refractivity contribution in [1.29, 1.82) is 0 Å². The quantitative estimate of drug-likeness (QED) is 0.926. The summed E-state index contributed by atoms with van der Waals surface area (Å²) in [4.78, 5) is 27.0. The Balaban J connectivity index is 1.63.